The molecule has 0 nitrogen and oxygen atoms in total. The summed E-state index contributed by atoms with van der Waals surface area (Å²) < 4.78 is 0. The van der Waals surface area contributed by atoms with Crippen LogP contribution in [-0.2, 0) is 0 Å². The van der Waals surface area contributed by atoms with Gasteiger partial charge in [-0.05, 0) is 110 Å². The second-order valence-electron chi connectivity index (χ2n) is 6.92. The first-order valence-corrected chi connectivity index (χ1v) is 7.98. The highest BCUT2D eigenvalue weighted by molar-refractivity contribution is 6.01. The lowest BCUT2D eigenvalue weighted by atomic mass is 9.76. The van der Waals surface area contributed by atoms with Gasteiger partial charge in [-0.3, -0.25) is 0 Å². The zero-order chi connectivity index (χ0) is 15.6. The van der Waals surface area contributed by atoms with E-state index < -0.39 is 0 Å². The molecule has 0 spiro atoms. The summed E-state index contributed by atoms with van der Waals surface area (Å²) in [7, 11) is 0. The van der Waals surface area contributed by atoms with Crippen LogP contribution >= 0.6 is 0 Å². The third kappa shape index (κ3) is 1.68. The van der Waals surface area contributed by atoms with E-state index in [4.69, 9.17) is 0 Å². The van der Waals surface area contributed by atoms with Crippen molar-refractivity contribution >= 4 is 11.6 Å². The molecule has 0 saturated carbocycles. The predicted molar refractivity (Wildman–Crippen MR) is 93.5 cm³/mol. The average Bonchev–Trinajstić information content (AvgIpc) is 2.87. The molecular weight excluding hydrogens is 252 g/mol. The van der Waals surface area contributed by atoms with Crippen molar-refractivity contribution in [1.82, 2.24) is 0 Å². The molecule has 0 heteroatoms. The van der Waals surface area contributed by atoms with Gasteiger partial charge in [0.25, 0.3) is 0 Å². The highest BCUT2D eigenvalue weighted by Crippen LogP contribution is 2.51. The second-order valence-corrected chi connectivity index (χ2v) is 6.92. The molecule has 0 aromatic heterocycles. The Morgan fingerprint density at radius 3 is 1.90 bits per heavy atom. The summed E-state index contributed by atoms with van der Waals surface area (Å²) in [6, 6.07) is 0. The van der Waals surface area contributed by atoms with Crippen LogP contribution in [0.5, 0.6) is 0 Å². The lowest BCUT2D eigenvalue weighted by molar-refractivity contribution is 0.808. The fourth-order valence-electron chi connectivity index (χ4n) is 4.00. The molecule has 1 unspecified atom stereocenters. The normalized spacial score (nSPS) is 20.8. The van der Waals surface area contributed by atoms with Gasteiger partial charge in [-0.2, -0.15) is 0 Å². The van der Waals surface area contributed by atoms with E-state index in [2.05, 4.69) is 61.5 Å². The third-order valence-electron chi connectivity index (χ3n) is 6.22. The Morgan fingerprint density at radius 2 is 1.29 bits per heavy atom. The highest BCUT2D eigenvalue weighted by atomic mass is 14.4. The maximum atomic E-state index is 2.46. The van der Waals surface area contributed by atoms with Crippen molar-refractivity contribution in [3.8, 4) is 0 Å². The summed E-state index contributed by atoms with van der Waals surface area (Å²) in [5, 5.41) is 0. The van der Waals surface area contributed by atoms with Crippen molar-refractivity contribution in [2.75, 3.05) is 0 Å². The summed E-state index contributed by atoms with van der Waals surface area (Å²) in [5.41, 5.74) is 16.3. The zero-order valence-corrected chi connectivity index (χ0v) is 14.7. The first-order chi connectivity index (χ1) is 9.77. The number of hydrogen-bond donors (Lipinski definition) is 0. The van der Waals surface area contributed by atoms with E-state index >= 15 is 0 Å². The number of rotatable bonds is 0. The Labute approximate surface area is 129 Å². The van der Waals surface area contributed by atoms with Gasteiger partial charge < -0.3 is 0 Å². The minimum Gasteiger partial charge on any atom is -0.0629 e. The van der Waals surface area contributed by atoms with E-state index in [1.54, 1.807) is 0 Å². The summed E-state index contributed by atoms with van der Waals surface area (Å²) in [4.78, 5) is 0. The molecule has 3 rings (SSSR count). The lowest BCUT2D eigenvalue weighted by Crippen LogP contribution is -2.11. The van der Waals surface area contributed by atoms with E-state index in [0.29, 0.717) is 5.92 Å². The van der Waals surface area contributed by atoms with Crippen LogP contribution in [0.2, 0.25) is 0 Å². The Hall–Kier alpha value is -1.56. The Kier molecular flexibility index (Phi) is 3.06. The molecule has 0 fully saturated rings. The van der Waals surface area contributed by atoms with Crippen LogP contribution in [0.3, 0.4) is 0 Å². The van der Waals surface area contributed by atoms with Crippen molar-refractivity contribution in [2.45, 2.75) is 55.4 Å². The fourth-order valence-corrected chi connectivity index (χ4v) is 4.00. The van der Waals surface area contributed by atoms with E-state index in [1.807, 2.05) is 0 Å². The molecular formula is C21H26. The van der Waals surface area contributed by atoms with Crippen LogP contribution in [0.15, 0.2) is 22.3 Å². The summed E-state index contributed by atoms with van der Waals surface area (Å²) >= 11 is 0. The van der Waals surface area contributed by atoms with Gasteiger partial charge in [0.05, 0.1) is 0 Å². The Morgan fingerprint density at radius 1 is 0.714 bits per heavy atom. The third-order valence-corrected chi connectivity index (χ3v) is 6.22. The van der Waals surface area contributed by atoms with Crippen LogP contribution in [0.4, 0.5) is 0 Å². The molecule has 1 aromatic rings. The first kappa shape index (κ1) is 14.4. The molecule has 0 saturated heterocycles. The van der Waals surface area contributed by atoms with Gasteiger partial charge in [0.1, 0.15) is 0 Å². The minimum atomic E-state index is 0.538. The van der Waals surface area contributed by atoms with Gasteiger partial charge in [0.2, 0.25) is 0 Å². The summed E-state index contributed by atoms with van der Waals surface area (Å²) in [5.74, 6) is 0.538. The van der Waals surface area contributed by atoms with Crippen molar-refractivity contribution in [1.29, 1.82) is 0 Å². The van der Waals surface area contributed by atoms with Crippen LogP contribution in [0, 0.1) is 33.6 Å². The van der Waals surface area contributed by atoms with Crippen molar-refractivity contribution in [2.24, 2.45) is 5.92 Å². The number of fused-ring (bicyclic) bond motifs is 3. The monoisotopic (exact) mass is 278 g/mol. The van der Waals surface area contributed by atoms with Crippen molar-refractivity contribution in [3.05, 3.63) is 55.7 Å². The van der Waals surface area contributed by atoms with E-state index in [1.165, 1.54) is 61.2 Å². The fraction of sp³-hybridized carbons (Fsp3) is 0.429. The van der Waals surface area contributed by atoms with Gasteiger partial charge in [0, 0.05) is 5.92 Å². The molecule has 0 heterocycles. The van der Waals surface area contributed by atoms with E-state index in [-0.39, 0.29) is 0 Å². The molecule has 2 aliphatic carbocycles. The average molecular weight is 278 g/mol. The summed E-state index contributed by atoms with van der Waals surface area (Å²) in [6.45, 7) is 18.3. The van der Waals surface area contributed by atoms with Crippen LogP contribution < -0.4 is 0 Å². The molecule has 2 aliphatic rings. The molecule has 21 heavy (non-hydrogen) atoms. The van der Waals surface area contributed by atoms with Gasteiger partial charge in [-0.15, -0.1) is 0 Å². The zero-order valence-electron chi connectivity index (χ0n) is 14.7. The predicted octanol–water partition coefficient (Wildman–Crippen LogP) is 6.08. The molecule has 0 N–H and O–H groups in total. The topological polar surface area (TPSA) is 0 Å². The standard InChI is InChI=1S/C21H26/c1-10-12(3)16(7)20-18(14(10)5)9-19-15(6)11(2)13(4)17(8)21(19)20/h9,14H,1-8H3. The smallest absolute Gasteiger partial charge is 0.00293 e. The molecule has 0 aliphatic heterocycles. The van der Waals surface area contributed by atoms with Gasteiger partial charge >= 0.3 is 0 Å². The number of hydrogen-bond acceptors (Lipinski definition) is 0. The van der Waals surface area contributed by atoms with Crippen LogP contribution in [0.1, 0.15) is 61.1 Å². The first-order valence-electron chi connectivity index (χ1n) is 7.98. The van der Waals surface area contributed by atoms with E-state index in [9.17, 15) is 0 Å². The Balaban J connectivity index is 2.43. The molecule has 0 bridgehead atoms. The van der Waals surface area contributed by atoms with Crippen molar-refractivity contribution < 1.29 is 0 Å². The van der Waals surface area contributed by atoms with Crippen LogP contribution in [0.25, 0.3) is 11.6 Å². The minimum absolute atomic E-state index is 0.538. The van der Waals surface area contributed by atoms with Gasteiger partial charge in [-0.1, -0.05) is 12.5 Å². The molecule has 110 valence electrons. The van der Waals surface area contributed by atoms with E-state index in [0.717, 1.165) is 0 Å². The quantitative estimate of drug-likeness (QED) is 0.539. The summed E-state index contributed by atoms with van der Waals surface area (Å²) in [6.07, 6.45) is 2.46. The van der Waals surface area contributed by atoms with Crippen molar-refractivity contribution in [3.63, 3.8) is 0 Å². The largest absolute Gasteiger partial charge is 0.0629 e. The lowest BCUT2D eigenvalue weighted by Gasteiger charge is -2.28. The van der Waals surface area contributed by atoms with Gasteiger partial charge in [0.15, 0.2) is 0 Å². The maximum absolute atomic E-state index is 2.46. The highest BCUT2D eigenvalue weighted by Gasteiger charge is 2.32. The number of allylic oxidation sites excluding steroid dienone is 5. The Bertz CT molecular complexity index is 764. The molecule has 1 atom stereocenters. The van der Waals surface area contributed by atoms with Gasteiger partial charge in [-0.25, -0.2) is 0 Å². The SMILES string of the molecule is CC1=C2C(=Cc3c(C)c(C)c(C)c(C)c32)C(C)C(C)=C1C. The molecule has 0 amide bonds. The maximum Gasteiger partial charge on any atom is 0.00293 e. The van der Waals surface area contributed by atoms with Crippen LogP contribution in [-0.4, -0.2) is 0 Å². The second kappa shape index (κ2) is 4.47. The number of benzene rings is 1. The molecule has 1 aromatic carbocycles. The molecule has 0 radical (unpaired) electrons.